The van der Waals surface area contributed by atoms with Crippen LogP contribution in [0, 0.1) is 19.8 Å². The molecule has 1 nitrogen and oxygen atoms in total. The Bertz CT molecular complexity index is 369. The highest BCUT2D eigenvalue weighted by atomic mass is 32.1. The Kier molecular flexibility index (Phi) is 4.26. The van der Waals surface area contributed by atoms with E-state index >= 15 is 0 Å². The van der Waals surface area contributed by atoms with E-state index in [1.54, 1.807) is 0 Å². The topological polar surface area (TPSA) is 12.0 Å². The molecule has 2 heteroatoms. The predicted octanol–water partition coefficient (Wildman–Crippen LogP) is 4.59. The van der Waals surface area contributed by atoms with Crippen molar-refractivity contribution in [3.63, 3.8) is 0 Å². The molecule has 2 rings (SSSR count). The SMILES string of the molecule is CCC1CCC(NC(C)c2cc(C)sc2C)C1. The number of aryl methyl sites for hydroxylation is 2. The van der Waals surface area contributed by atoms with Crippen molar-refractivity contribution < 1.29 is 0 Å². The van der Waals surface area contributed by atoms with Crippen LogP contribution in [0.25, 0.3) is 0 Å². The van der Waals surface area contributed by atoms with Crippen molar-refractivity contribution in [2.24, 2.45) is 5.92 Å². The minimum atomic E-state index is 0.514. The van der Waals surface area contributed by atoms with Gasteiger partial charge in [0.1, 0.15) is 0 Å². The van der Waals surface area contributed by atoms with Crippen LogP contribution in [0.1, 0.15) is 60.9 Å². The van der Waals surface area contributed by atoms with Crippen LogP contribution in [-0.4, -0.2) is 6.04 Å². The standard InChI is InChI=1S/C15H25NS/c1-5-13-6-7-14(9-13)16-11(3)15-8-10(2)17-12(15)4/h8,11,13-14,16H,5-7,9H2,1-4H3. The summed E-state index contributed by atoms with van der Waals surface area (Å²) in [5.74, 6) is 0.963. The molecule has 1 N–H and O–H groups in total. The molecule has 0 bridgehead atoms. The number of thiophene rings is 1. The van der Waals surface area contributed by atoms with E-state index in [1.165, 1.54) is 41.0 Å². The molecule has 1 saturated carbocycles. The van der Waals surface area contributed by atoms with E-state index in [0.29, 0.717) is 6.04 Å². The Labute approximate surface area is 110 Å². The quantitative estimate of drug-likeness (QED) is 0.825. The lowest BCUT2D eigenvalue weighted by Crippen LogP contribution is -2.29. The predicted molar refractivity (Wildman–Crippen MR) is 76.8 cm³/mol. The second-order valence-electron chi connectivity index (χ2n) is 5.54. The van der Waals surface area contributed by atoms with E-state index in [1.807, 2.05) is 11.3 Å². The molecule has 0 spiro atoms. The Morgan fingerprint density at radius 2 is 2.18 bits per heavy atom. The zero-order valence-corrected chi connectivity index (χ0v) is 12.4. The summed E-state index contributed by atoms with van der Waals surface area (Å²) in [4.78, 5) is 2.91. The zero-order chi connectivity index (χ0) is 12.4. The maximum absolute atomic E-state index is 3.82. The molecular formula is C15H25NS. The monoisotopic (exact) mass is 251 g/mol. The van der Waals surface area contributed by atoms with E-state index in [9.17, 15) is 0 Å². The molecule has 1 aromatic heterocycles. The highest BCUT2D eigenvalue weighted by Crippen LogP contribution is 2.31. The van der Waals surface area contributed by atoms with Crippen LogP contribution in [0.3, 0.4) is 0 Å². The lowest BCUT2D eigenvalue weighted by Gasteiger charge is -2.19. The number of hydrogen-bond donors (Lipinski definition) is 1. The Morgan fingerprint density at radius 1 is 1.41 bits per heavy atom. The summed E-state index contributed by atoms with van der Waals surface area (Å²) in [5, 5.41) is 3.82. The van der Waals surface area contributed by atoms with Crippen molar-refractivity contribution in [2.45, 2.75) is 65.5 Å². The number of hydrogen-bond acceptors (Lipinski definition) is 2. The third-order valence-electron chi connectivity index (χ3n) is 4.15. The molecule has 1 aliphatic carbocycles. The molecule has 3 atom stereocenters. The maximum atomic E-state index is 3.82. The molecule has 1 aromatic rings. The van der Waals surface area contributed by atoms with Crippen LogP contribution in [-0.2, 0) is 0 Å². The summed E-state index contributed by atoms with van der Waals surface area (Å²) < 4.78 is 0. The van der Waals surface area contributed by atoms with Gasteiger partial charge in [-0.1, -0.05) is 13.3 Å². The van der Waals surface area contributed by atoms with Gasteiger partial charge in [0.15, 0.2) is 0 Å². The third-order valence-corrected chi connectivity index (χ3v) is 5.13. The first-order chi connectivity index (χ1) is 8.10. The fraction of sp³-hybridized carbons (Fsp3) is 0.733. The van der Waals surface area contributed by atoms with Gasteiger partial charge in [0, 0.05) is 21.8 Å². The summed E-state index contributed by atoms with van der Waals surface area (Å²) >= 11 is 1.92. The van der Waals surface area contributed by atoms with Crippen LogP contribution in [0.2, 0.25) is 0 Å². The maximum Gasteiger partial charge on any atom is 0.0305 e. The number of nitrogens with one attached hydrogen (secondary N) is 1. The van der Waals surface area contributed by atoms with Crippen LogP contribution in [0.4, 0.5) is 0 Å². The lowest BCUT2D eigenvalue weighted by atomic mass is 10.0. The van der Waals surface area contributed by atoms with Gasteiger partial charge in [-0.2, -0.15) is 0 Å². The fourth-order valence-corrected chi connectivity index (χ4v) is 4.14. The minimum Gasteiger partial charge on any atom is -0.307 e. The Morgan fingerprint density at radius 3 is 2.71 bits per heavy atom. The average Bonchev–Trinajstić information content (AvgIpc) is 2.85. The molecule has 1 fully saturated rings. The molecule has 1 aliphatic rings. The molecule has 0 aliphatic heterocycles. The van der Waals surface area contributed by atoms with E-state index < -0.39 is 0 Å². The van der Waals surface area contributed by atoms with Crippen molar-refractivity contribution in [1.82, 2.24) is 5.32 Å². The zero-order valence-electron chi connectivity index (χ0n) is 11.5. The normalized spacial score (nSPS) is 26.4. The van der Waals surface area contributed by atoms with Crippen molar-refractivity contribution in [2.75, 3.05) is 0 Å². The van der Waals surface area contributed by atoms with Crippen molar-refractivity contribution in [3.8, 4) is 0 Å². The second kappa shape index (κ2) is 5.53. The van der Waals surface area contributed by atoms with Gasteiger partial charge in [-0.15, -0.1) is 11.3 Å². The molecular weight excluding hydrogens is 226 g/mol. The van der Waals surface area contributed by atoms with Crippen LogP contribution in [0.5, 0.6) is 0 Å². The highest BCUT2D eigenvalue weighted by Gasteiger charge is 2.25. The summed E-state index contributed by atoms with van der Waals surface area (Å²) in [6, 6.07) is 3.61. The molecule has 0 amide bonds. The van der Waals surface area contributed by atoms with E-state index in [-0.39, 0.29) is 0 Å². The van der Waals surface area contributed by atoms with Gasteiger partial charge in [-0.05, 0) is 57.6 Å². The van der Waals surface area contributed by atoms with Crippen molar-refractivity contribution >= 4 is 11.3 Å². The smallest absolute Gasteiger partial charge is 0.0305 e. The van der Waals surface area contributed by atoms with Gasteiger partial charge < -0.3 is 5.32 Å². The first-order valence-corrected chi connectivity index (χ1v) is 7.74. The fourth-order valence-electron chi connectivity index (χ4n) is 3.12. The molecule has 0 saturated heterocycles. The van der Waals surface area contributed by atoms with Gasteiger partial charge in [0.05, 0.1) is 0 Å². The molecule has 1 heterocycles. The van der Waals surface area contributed by atoms with Gasteiger partial charge in [0.2, 0.25) is 0 Å². The third kappa shape index (κ3) is 3.11. The summed E-state index contributed by atoms with van der Waals surface area (Å²) in [6.45, 7) is 9.09. The van der Waals surface area contributed by atoms with Gasteiger partial charge >= 0.3 is 0 Å². The van der Waals surface area contributed by atoms with Crippen LogP contribution in [0.15, 0.2) is 6.07 Å². The van der Waals surface area contributed by atoms with Crippen molar-refractivity contribution in [3.05, 3.63) is 21.4 Å². The summed E-state index contributed by atoms with van der Waals surface area (Å²) in [5.41, 5.74) is 1.51. The lowest BCUT2D eigenvalue weighted by molar-refractivity contribution is 0.437. The van der Waals surface area contributed by atoms with Crippen molar-refractivity contribution in [1.29, 1.82) is 0 Å². The Balaban J connectivity index is 1.93. The summed E-state index contributed by atoms with van der Waals surface area (Å²) in [6.07, 6.45) is 5.51. The molecule has 96 valence electrons. The highest BCUT2D eigenvalue weighted by molar-refractivity contribution is 7.12. The Hall–Kier alpha value is -0.340. The largest absolute Gasteiger partial charge is 0.307 e. The van der Waals surface area contributed by atoms with E-state index in [4.69, 9.17) is 0 Å². The van der Waals surface area contributed by atoms with E-state index in [2.05, 4.69) is 39.1 Å². The molecule has 0 radical (unpaired) electrons. The molecule has 0 aromatic carbocycles. The average molecular weight is 251 g/mol. The molecule has 17 heavy (non-hydrogen) atoms. The van der Waals surface area contributed by atoms with Crippen LogP contribution >= 0.6 is 11.3 Å². The van der Waals surface area contributed by atoms with E-state index in [0.717, 1.165) is 12.0 Å². The van der Waals surface area contributed by atoms with Gasteiger partial charge in [-0.3, -0.25) is 0 Å². The van der Waals surface area contributed by atoms with Gasteiger partial charge in [-0.25, -0.2) is 0 Å². The second-order valence-corrected chi connectivity index (χ2v) is 7.00. The van der Waals surface area contributed by atoms with Crippen LogP contribution < -0.4 is 5.32 Å². The minimum absolute atomic E-state index is 0.514. The first kappa shape index (κ1) is 13.1. The molecule has 3 unspecified atom stereocenters. The first-order valence-electron chi connectivity index (χ1n) is 6.93. The van der Waals surface area contributed by atoms with Gasteiger partial charge in [0.25, 0.3) is 0 Å². The number of rotatable bonds is 4. The summed E-state index contributed by atoms with van der Waals surface area (Å²) in [7, 11) is 0.